The molecule has 1 amide bonds. The Kier molecular flexibility index (Phi) is 9.90. The van der Waals surface area contributed by atoms with E-state index in [0.717, 1.165) is 21.6 Å². The molecule has 7 heteroatoms. The highest BCUT2D eigenvalue weighted by molar-refractivity contribution is 7.83. The zero-order valence-electron chi connectivity index (χ0n) is 24.8. The van der Waals surface area contributed by atoms with Crippen LogP contribution in [0, 0.1) is 5.82 Å². The Hall–Kier alpha value is -4.43. The average molecular weight is 619 g/mol. The maximum absolute atomic E-state index is 15.3. The molecule has 1 N–H and O–H groups in total. The first kappa shape index (κ1) is 30.6. The summed E-state index contributed by atoms with van der Waals surface area (Å²) in [7, 11) is -1.24. The topological polar surface area (TPSA) is 58.4 Å². The van der Waals surface area contributed by atoms with Gasteiger partial charge in [0.2, 0.25) is 0 Å². The first-order valence-corrected chi connectivity index (χ1v) is 16.3. The number of carbonyl (C=O) groups excluding carboxylic acids is 1. The first-order valence-electron chi connectivity index (χ1n) is 15.2. The number of amides is 1. The van der Waals surface area contributed by atoms with Crippen LogP contribution in [0.15, 0.2) is 144 Å². The summed E-state index contributed by atoms with van der Waals surface area (Å²) in [6, 6.07) is 43.6. The van der Waals surface area contributed by atoms with Crippen LogP contribution in [0.2, 0.25) is 0 Å². The molecule has 0 bridgehead atoms. The second kappa shape index (κ2) is 14.6. The molecule has 0 aromatic heterocycles. The Balaban J connectivity index is 1.24. The standard InChI is InChI=1S/C38H35FN2O3S/c39-34-22-13-23-35(33(34)25-24-31-26-41(31)45(43)32-20-11-4-12-21-32)40-38(42)37(44-27-28-14-5-1-6-15-28)36(29-16-7-2-8-17-29)30-18-9-3-10-19-30/h1-23,31,36-37H,24-27H2,(H,40,42). The SMILES string of the molecule is O=C(Nc1cccc(F)c1CCC1CN1S(=O)c1ccccc1)C(OCc1ccccc1)C(c1ccccc1)c1ccccc1. The summed E-state index contributed by atoms with van der Waals surface area (Å²) in [5, 5.41) is 3.03. The highest BCUT2D eigenvalue weighted by Crippen LogP contribution is 2.33. The van der Waals surface area contributed by atoms with E-state index in [1.807, 2.05) is 126 Å². The number of carbonyl (C=O) groups is 1. The molecular formula is C38H35FN2O3S. The predicted molar refractivity (Wildman–Crippen MR) is 176 cm³/mol. The number of benzene rings is 5. The minimum absolute atomic E-state index is 0.0803. The Bertz CT molecular complexity index is 1680. The Morgan fingerprint density at radius 1 is 0.800 bits per heavy atom. The molecule has 228 valence electrons. The molecule has 4 atom stereocenters. The maximum atomic E-state index is 15.3. The van der Waals surface area contributed by atoms with Gasteiger partial charge in [-0.2, -0.15) is 0 Å². The van der Waals surface area contributed by atoms with Crippen LogP contribution in [-0.2, 0) is 33.5 Å². The van der Waals surface area contributed by atoms with Crippen molar-refractivity contribution in [3.05, 3.63) is 168 Å². The van der Waals surface area contributed by atoms with Crippen molar-refractivity contribution < 1.29 is 18.1 Å². The third kappa shape index (κ3) is 7.63. The van der Waals surface area contributed by atoms with Gasteiger partial charge >= 0.3 is 0 Å². The molecule has 5 aromatic carbocycles. The van der Waals surface area contributed by atoms with Gasteiger partial charge in [0, 0.05) is 29.8 Å². The first-order chi connectivity index (χ1) is 22.1. The van der Waals surface area contributed by atoms with E-state index in [1.165, 1.54) is 6.07 Å². The van der Waals surface area contributed by atoms with Crippen LogP contribution < -0.4 is 5.32 Å². The van der Waals surface area contributed by atoms with Crippen molar-refractivity contribution in [1.29, 1.82) is 0 Å². The Labute approximate surface area is 266 Å². The van der Waals surface area contributed by atoms with E-state index in [4.69, 9.17) is 4.74 Å². The van der Waals surface area contributed by atoms with Crippen molar-refractivity contribution in [2.24, 2.45) is 0 Å². The highest BCUT2D eigenvalue weighted by atomic mass is 32.2. The molecule has 6 rings (SSSR count). The molecule has 45 heavy (non-hydrogen) atoms. The Morgan fingerprint density at radius 3 is 2.00 bits per heavy atom. The van der Waals surface area contributed by atoms with Crippen LogP contribution in [0.25, 0.3) is 0 Å². The lowest BCUT2D eigenvalue weighted by Crippen LogP contribution is -2.36. The van der Waals surface area contributed by atoms with Gasteiger partial charge in [0.25, 0.3) is 5.91 Å². The third-order valence-electron chi connectivity index (χ3n) is 8.08. The lowest BCUT2D eigenvalue weighted by molar-refractivity contribution is -0.129. The zero-order chi connectivity index (χ0) is 31.0. The zero-order valence-corrected chi connectivity index (χ0v) is 25.6. The number of halogens is 1. The number of hydrogen-bond acceptors (Lipinski definition) is 3. The lowest BCUT2D eigenvalue weighted by atomic mass is 9.86. The van der Waals surface area contributed by atoms with Crippen LogP contribution in [-0.4, -0.2) is 33.1 Å². The second-order valence-electron chi connectivity index (χ2n) is 11.1. The quantitative estimate of drug-likeness (QED) is 0.139. The second-order valence-corrected chi connectivity index (χ2v) is 12.6. The number of nitrogens with one attached hydrogen (secondary N) is 1. The molecule has 1 fully saturated rings. The highest BCUT2D eigenvalue weighted by Gasteiger charge is 2.39. The van der Waals surface area contributed by atoms with Crippen LogP contribution >= 0.6 is 0 Å². The summed E-state index contributed by atoms with van der Waals surface area (Å²) in [5.74, 6) is -1.14. The Morgan fingerprint density at radius 2 is 1.38 bits per heavy atom. The monoisotopic (exact) mass is 618 g/mol. The van der Waals surface area contributed by atoms with Crippen LogP contribution in [0.1, 0.15) is 34.6 Å². The number of hydrogen-bond donors (Lipinski definition) is 1. The summed E-state index contributed by atoms with van der Waals surface area (Å²) in [5.41, 5.74) is 3.68. The number of rotatable bonds is 13. The molecule has 1 aliphatic heterocycles. The molecule has 5 aromatic rings. The molecular weight excluding hydrogens is 583 g/mol. The van der Waals surface area contributed by atoms with E-state index in [-0.39, 0.29) is 24.4 Å². The van der Waals surface area contributed by atoms with Gasteiger partial charge in [-0.3, -0.25) is 4.79 Å². The van der Waals surface area contributed by atoms with Crippen molar-refractivity contribution in [2.75, 3.05) is 11.9 Å². The van der Waals surface area contributed by atoms with Crippen molar-refractivity contribution >= 4 is 22.6 Å². The van der Waals surface area contributed by atoms with Crippen molar-refractivity contribution in [3.63, 3.8) is 0 Å². The third-order valence-corrected chi connectivity index (χ3v) is 9.63. The van der Waals surface area contributed by atoms with E-state index >= 15 is 4.39 Å². The number of nitrogens with zero attached hydrogens (tertiary/aromatic N) is 1. The predicted octanol–water partition coefficient (Wildman–Crippen LogP) is 7.52. The van der Waals surface area contributed by atoms with E-state index in [9.17, 15) is 9.00 Å². The molecule has 1 heterocycles. The van der Waals surface area contributed by atoms with E-state index in [0.29, 0.717) is 30.6 Å². The molecule has 0 radical (unpaired) electrons. The van der Waals surface area contributed by atoms with Crippen LogP contribution in [0.3, 0.4) is 0 Å². The van der Waals surface area contributed by atoms with E-state index in [2.05, 4.69) is 5.32 Å². The van der Waals surface area contributed by atoms with E-state index < -0.39 is 23.0 Å². The van der Waals surface area contributed by atoms with Crippen LogP contribution in [0.5, 0.6) is 0 Å². The van der Waals surface area contributed by atoms with Gasteiger partial charge in [0.05, 0.1) is 11.5 Å². The largest absolute Gasteiger partial charge is 0.363 e. The summed E-state index contributed by atoms with van der Waals surface area (Å²) in [6.45, 7) is 0.921. The van der Waals surface area contributed by atoms with Gasteiger partial charge in [0.1, 0.15) is 22.9 Å². The number of ether oxygens (including phenoxy) is 1. The van der Waals surface area contributed by atoms with Gasteiger partial charge in [-0.25, -0.2) is 12.9 Å². The van der Waals surface area contributed by atoms with Crippen molar-refractivity contribution in [3.8, 4) is 0 Å². The minimum Gasteiger partial charge on any atom is -0.363 e. The van der Waals surface area contributed by atoms with Crippen molar-refractivity contribution in [1.82, 2.24) is 4.31 Å². The van der Waals surface area contributed by atoms with Gasteiger partial charge < -0.3 is 10.1 Å². The molecule has 4 unspecified atom stereocenters. The summed E-state index contributed by atoms with van der Waals surface area (Å²) >= 11 is 0. The molecule has 1 saturated heterocycles. The summed E-state index contributed by atoms with van der Waals surface area (Å²) in [4.78, 5) is 15.0. The molecule has 5 nitrogen and oxygen atoms in total. The maximum Gasteiger partial charge on any atom is 0.254 e. The fraction of sp³-hybridized carbons (Fsp3) is 0.184. The fourth-order valence-corrected chi connectivity index (χ4v) is 7.01. The lowest BCUT2D eigenvalue weighted by Gasteiger charge is -2.28. The molecule has 0 saturated carbocycles. The summed E-state index contributed by atoms with van der Waals surface area (Å²) in [6.07, 6.45) is 0.108. The normalized spacial score (nSPS) is 17.0. The van der Waals surface area contributed by atoms with Gasteiger partial charge in [0.15, 0.2) is 0 Å². The van der Waals surface area contributed by atoms with Gasteiger partial charge in [-0.15, -0.1) is 0 Å². The van der Waals surface area contributed by atoms with Gasteiger partial charge in [-0.05, 0) is 53.8 Å². The molecule has 0 spiro atoms. The number of anilines is 1. The summed E-state index contributed by atoms with van der Waals surface area (Å²) < 4.78 is 36.6. The van der Waals surface area contributed by atoms with Crippen molar-refractivity contribution in [2.45, 2.75) is 42.4 Å². The van der Waals surface area contributed by atoms with E-state index in [1.54, 1.807) is 12.1 Å². The molecule has 1 aliphatic rings. The molecule has 0 aliphatic carbocycles. The average Bonchev–Trinajstić information content (AvgIpc) is 3.87. The van der Waals surface area contributed by atoms with Crippen LogP contribution in [0.4, 0.5) is 10.1 Å². The minimum atomic E-state index is -1.24. The van der Waals surface area contributed by atoms with Gasteiger partial charge in [-0.1, -0.05) is 115 Å². The smallest absolute Gasteiger partial charge is 0.254 e. The fourth-order valence-electron chi connectivity index (χ4n) is 5.66.